The van der Waals surface area contributed by atoms with Crippen molar-refractivity contribution in [3.8, 4) is 0 Å². The van der Waals surface area contributed by atoms with Gasteiger partial charge in [0.1, 0.15) is 5.82 Å². The van der Waals surface area contributed by atoms with E-state index in [1.54, 1.807) is 11.8 Å². The molecule has 0 saturated carbocycles. The summed E-state index contributed by atoms with van der Waals surface area (Å²) < 4.78 is 0.962. The van der Waals surface area contributed by atoms with E-state index in [1.807, 2.05) is 24.3 Å². The number of benzene rings is 1. The fraction of sp³-hybridized carbons (Fsp3) is 0.381. The van der Waals surface area contributed by atoms with E-state index in [0.717, 1.165) is 52.7 Å². The minimum absolute atomic E-state index is 0.119. The molecule has 4 rings (SSSR count). The number of ketones is 1. The van der Waals surface area contributed by atoms with Gasteiger partial charge in [-0.3, -0.25) is 9.59 Å². The van der Waals surface area contributed by atoms with Gasteiger partial charge in [0.05, 0.1) is 5.56 Å². The lowest BCUT2D eigenvalue weighted by atomic mass is 9.76. The monoisotopic (exact) mass is 459 g/mol. The molecule has 1 aromatic carbocycles. The summed E-state index contributed by atoms with van der Waals surface area (Å²) in [6.45, 7) is 2.14. The maximum atomic E-state index is 13.1. The van der Waals surface area contributed by atoms with Gasteiger partial charge in [-0.05, 0) is 37.0 Å². The highest BCUT2D eigenvalue weighted by Gasteiger charge is 2.37. The number of rotatable bonds is 5. The first-order chi connectivity index (χ1) is 13.6. The molecule has 146 valence electrons. The number of aromatic nitrogens is 2. The zero-order valence-corrected chi connectivity index (χ0v) is 18.1. The fourth-order valence-corrected chi connectivity index (χ4v) is 5.02. The van der Waals surface area contributed by atoms with E-state index in [2.05, 4.69) is 33.2 Å². The minimum atomic E-state index is -0.377. The number of hydrogen-bond acceptors (Lipinski definition) is 5. The Balaban J connectivity index is 1.83. The second kappa shape index (κ2) is 8.25. The quantitative estimate of drug-likeness (QED) is 0.374. The van der Waals surface area contributed by atoms with E-state index in [4.69, 9.17) is 4.98 Å². The molecule has 0 unspecified atom stereocenters. The Morgan fingerprint density at radius 2 is 2.00 bits per heavy atom. The van der Waals surface area contributed by atoms with Gasteiger partial charge in [-0.25, -0.2) is 4.98 Å². The molecule has 0 bridgehead atoms. The van der Waals surface area contributed by atoms with Crippen LogP contribution in [0.2, 0.25) is 0 Å². The summed E-state index contributed by atoms with van der Waals surface area (Å²) in [5, 5.41) is 3.95. The summed E-state index contributed by atoms with van der Waals surface area (Å²) in [6.07, 6.45) is 4.34. The molecule has 0 saturated heterocycles. The first-order valence-electron chi connectivity index (χ1n) is 9.64. The first-order valence-corrected chi connectivity index (χ1v) is 11.4. The van der Waals surface area contributed by atoms with Crippen LogP contribution in [0.1, 0.15) is 56.1 Å². The highest BCUT2D eigenvalue weighted by Crippen LogP contribution is 2.43. The Bertz CT molecular complexity index is 998. The molecule has 0 radical (unpaired) electrons. The van der Waals surface area contributed by atoms with Crippen molar-refractivity contribution < 1.29 is 4.79 Å². The van der Waals surface area contributed by atoms with Crippen molar-refractivity contribution in [2.24, 2.45) is 0 Å². The predicted octanol–water partition coefficient (Wildman–Crippen LogP) is 4.99. The summed E-state index contributed by atoms with van der Waals surface area (Å²) in [5.41, 5.74) is 2.94. The number of Topliss-reactive ketones (excluding diaryl/α,β-unsaturated/α-hetero) is 1. The van der Waals surface area contributed by atoms with Gasteiger partial charge < -0.3 is 10.3 Å². The summed E-state index contributed by atoms with van der Waals surface area (Å²) in [5.74, 6) is 1.25. The number of halogens is 1. The van der Waals surface area contributed by atoms with Crippen molar-refractivity contribution in [1.82, 2.24) is 9.97 Å². The van der Waals surface area contributed by atoms with Crippen LogP contribution in [0.4, 0.5) is 5.82 Å². The molecule has 28 heavy (non-hydrogen) atoms. The number of allylic oxidation sites excluding steroid dienone is 2. The number of nitrogens with zero attached hydrogens (tertiary/aromatic N) is 1. The topological polar surface area (TPSA) is 74.8 Å². The molecule has 1 aromatic heterocycles. The van der Waals surface area contributed by atoms with E-state index in [9.17, 15) is 9.59 Å². The van der Waals surface area contributed by atoms with Crippen molar-refractivity contribution in [2.45, 2.75) is 50.1 Å². The number of unbranched alkanes of at least 4 members (excludes halogenated alkanes) is 1. The number of anilines is 1. The van der Waals surface area contributed by atoms with Crippen molar-refractivity contribution >= 4 is 39.3 Å². The third kappa shape index (κ3) is 3.70. The van der Waals surface area contributed by atoms with E-state index in [1.165, 1.54) is 0 Å². The van der Waals surface area contributed by atoms with Crippen LogP contribution in [-0.4, -0.2) is 21.5 Å². The number of fused-ring (bicyclic) bond motifs is 1. The largest absolute Gasteiger partial charge is 0.343 e. The molecule has 7 heteroatoms. The SMILES string of the molecule is CCCCSc1nc2c(c(=O)[nH]1)[C@@H](c1ccc(Br)cc1)C1=C(CCCC1=O)N2. The van der Waals surface area contributed by atoms with Gasteiger partial charge in [-0.15, -0.1) is 0 Å². The molecule has 5 nitrogen and oxygen atoms in total. The number of aromatic amines is 1. The Labute approximate surface area is 176 Å². The van der Waals surface area contributed by atoms with Crippen LogP contribution in [0.15, 0.2) is 50.0 Å². The summed E-state index contributed by atoms with van der Waals surface area (Å²) in [4.78, 5) is 33.5. The van der Waals surface area contributed by atoms with Gasteiger partial charge in [0, 0.05) is 33.8 Å². The molecule has 1 atom stereocenters. The Morgan fingerprint density at radius 1 is 1.21 bits per heavy atom. The second-order valence-electron chi connectivity index (χ2n) is 7.11. The molecule has 1 aliphatic carbocycles. The zero-order valence-electron chi connectivity index (χ0n) is 15.7. The van der Waals surface area contributed by atoms with Crippen molar-refractivity contribution in [1.29, 1.82) is 0 Å². The van der Waals surface area contributed by atoms with Gasteiger partial charge in [0.2, 0.25) is 0 Å². The van der Waals surface area contributed by atoms with Crippen LogP contribution in [0, 0.1) is 0 Å². The smallest absolute Gasteiger partial charge is 0.257 e. The number of nitrogens with one attached hydrogen (secondary N) is 2. The fourth-order valence-electron chi connectivity index (χ4n) is 3.81. The first kappa shape index (κ1) is 19.5. The normalized spacial score (nSPS) is 18.5. The second-order valence-corrected chi connectivity index (χ2v) is 9.11. The predicted molar refractivity (Wildman–Crippen MR) is 116 cm³/mol. The van der Waals surface area contributed by atoms with Crippen LogP contribution in [-0.2, 0) is 4.79 Å². The number of carbonyl (C=O) groups excluding carboxylic acids is 1. The number of H-pyrrole nitrogens is 1. The molecule has 2 aromatic rings. The molecule has 2 heterocycles. The lowest BCUT2D eigenvalue weighted by Gasteiger charge is -2.32. The molecule has 0 fully saturated rings. The average Bonchev–Trinajstić information content (AvgIpc) is 2.67. The molecule has 2 N–H and O–H groups in total. The molecule has 2 aliphatic rings. The molecule has 0 amide bonds. The van der Waals surface area contributed by atoms with Gasteiger partial charge in [-0.1, -0.05) is 53.2 Å². The Kier molecular flexibility index (Phi) is 5.73. The lowest BCUT2D eigenvalue weighted by Crippen LogP contribution is -2.32. The van der Waals surface area contributed by atoms with E-state index in [0.29, 0.717) is 23.0 Å². The van der Waals surface area contributed by atoms with Gasteiger partial charge >= 0.3 is 0 Å². The Morgan fingerprint density at radius 3 is 2.75 bits per heavy atom. The maximum Gasteiger partial charge on any atom is 0.257 e. The van der Waals surface area contributed by atoms with E-state index >= 15 is 0 Å². The van der Waals surface area contributed by atoms with Crippen LogP contribution < -0.4 is 10.9 Å². The highest BCUT2D eigenvalue weighted by molar-refractivity contribution is 9.10. The van der Waals surface area contributed by atoms with Gasteiger partial charge in [0.25, 0.3) is 5.56 Å². The van der Waals surface area contributed by atoms with Crippen LogP contribution >= 0.6 is 27.7 Å². The zero-order chi connectivity index (χ0) is 19.7. The van der Waals surface area contributed by atoms with Gasteiger partial charge in [-0.2, -0.15) is 0 Å². The molecular weight excluding hydrogens is 438 g/mol. The van der Waals surface area contributed by atoms with Crippen LogP contribution in [0.3, 0.4) is 0 Å². The van der Waals surface area contributed by atoms with E-state index < -0.39 is 0 Å². The summed E-state index contributed by atoms with van der Waals surface area (Å²) >= 11 is 5.03. The molecule has 1 aliphatic heterocycles. The summed E-state index contributed by atoms with van der Waals surface area (Å²) in [7, 11) is 0. The van der Waals surface area contributed by atoms with E-state index in [-0.39, 0.29) is 17.3 Å². The molecular formula is C21H22BrN3O2S. The number of carbonyl (C=O) groups is 1. The highest BCUT2D eigenvalue weighted by atomic mass is 79.9. The molecule has 0 spiro atoms. The average molecular weight is 460 g/mol. The standard InChI is InChI=1S/C21H22BrN3O2S/c1-2-3-11-28-21-24-19-18(20(27)25-21)16(12-7-9-13(22)10-8-12)17-14(23-19)5-4-6-15(17)26/h7-10,16H,2-6,11H2,1H3,(H2,23,24,25,27)/t16-/m0/s1. The van der Waals surface area contributed by atoms with Crippen LogP contribution in [0.5, 0.6) is 0 Å². The van der Waals surface area contributed by atoms with Gasteiger partial charge in [0.15, 0.2) is 10.9 Å². The third-order valence-corrected chi connectivity index (χ3v) is 6.66. The lowest BCUT2D eigenvalue weighted by molar-refractivity contribution is -0.116. The summed E-state index contributed by atoms with van der Waals surface area (Å²) in [6, 6.07) is 7.84. The third-order valence-electron chi connectivity index (χ3n) is 5.18. The van der Waals surface area contributed by atoms with Crippen molar-refractivity contribution in [3.63, 3.8) is 0 Å². The Hall–Kier alpha value is -1.86. The van der Waals surface area contributed by atoms with Crippen LogP contribution in [0.25, 0.3) is 0 Å². The number of thioether (sulfide) groups is 1. The minimum Gasteiger partial charge on any atom is -0.343 e. The van der Waals surface area contributed by atoms with Crippen molar-refractivity contribution in [3.05, 3.63) is 61.5 Å². The number of hydrogen-bond donors (Lipinski definition) is 2. The van der Waals surface area contributed by atoms with Crippen molar-refractivity contribution in [2.75, 3.05) is 11.1 Å². The maximum absolute atomic E-state index is 13.1.